The molecule has 0 saturated carbocycles. The van der Waals surface area contributed by atoms with Gasteiger partial charge in [-0.25, -0.2) is 0 Å². The van der Waals surface area contributed by atoms with Crippen LogP contribution in [-0.2, 0) is 0 Å². The minimum Gasteiger partial charge on any atom is -0.309 e. The lowest BCUT2D eigenvalue weighted by Gasteiger charge is -2.16. The number of aromatic nitrogens is 3. The van der Waals surface area contributed by atoms with Crippen molar-refractivity contribution in [2.75, 3.05) is 0 Å². The van der Waals surface area contributed by atoms with Gasteiger partial charge in [-0.2, -0.15) is 0 Å². The van der Waals surface area contributed by atoms with Crippen LogP contribution in [0.4, 0.5) is 0 Å². The molecule has 270 valence electrons. The quantitative estimate of drug-likeness (QED) is 0.170. The Labute approximate surface area is 337 Å². The van der Waals surface area contributed by atoms with Crippen LogP contribution in [-0.4, -0.2) is 13.7 Å². The molecule has 0 N–H and O–H groups in total. The van der Waals surface area contributed by atoms with Gasteiger partial charge in [-0.15, -0.1) is 11.3 Å². The third kappa shape index (κ3) is 4.43. The van der Waals surface area contributed by atoms with Crippen LogP contribution in [0.3, 0.4) is 0 Å². The Balaban J connectivity index is 1.07. The van der Waals surface area contributed by atoms with Crippen LogP contribution >= 0.6 is 11.3 Å². The molecule has 13 rings (SSSR count). The standard InChI is InChI=1S/C54H33N3S/c1-7-19-46-39(13-1)40-14-2-8-20-47(40)55(46)37-31-35(32-38(33-37)56-48-21-9-3-15-41(48)42-16-4-10-22-49(42)56)34-25-27-36(28-26-34)57-50-23-11-5-17-43(50)44-29-30-52-53(54(44)57)45-18-6-12-24-51(45)58-52/h1-33H. The molecule has 3 nitrogen and oxygen atoms in total. The van der Waals surface area contributed by atoms with Crippen molar-refractivity contribution in [3.8, 4) is 28.2 Å². The summed E-state index contributed by atoms with van der Waals surface area (Å²) < 4.78 is 9.99. The van der Waals surface area contributed by atoms with Crippen LogP contribution in [0, 0.1) is 0 Å². The van der Waals surface area contributed by atoms with Crippen molar-refractivity contribution in [1.82, 2.24) is 13.7 Å². The maximum absolute atomic E-state index is 2.48. The van der Waals surface area contributed by atoms with Gasteiger partial charge in [0.15, 0.2) is 0 Å². The first-order valence-electron chi connectivity index (χ1n) is 19.8. The van der Waals surface area contributed by atoms with E-state index in [0.29, 0.717) is 0 Å². The zero-order valence-electron chi connectivity index (χ0n) is 31.3. The second-order valence-electron chi connectivity index (χ2n) is 15.3. The molecule has 0 aliphatic rings. The van der Waals surface area contributed by atoms with Crippen molar-refractivity contribution in [3.63, 3.8) is 0 Å². The van der Waals surface area contributed by atoms with Gasteiger partial charge in [0.2, 0.25) is 0 Å². The zero-order valence-corrected chi connectivity index (χ0v) is 32.1. The van der Waals surface area contributed by atoms with Crippen molar-refractivity contribution >= 4 is 96.9 Å². The van der Waals surface area contributed by atoms with E-state index in [1.807, 2.05) is 11.3 Å². The van der Waals surface area contributed by atoms with Crippen molar-refractivity contribution < 1.29 is 0 Å². The van der Waals surface area contributed by atoms with E-state index >= 15 is 0 Å². The van der Waals surface area contributed by atoms with Crippen LogP contribution in [0.25, 0.3) is 114 Å². The van der Waals surface area contributed by atoms with Crippen molar-refractivity contribution in [3.05, 3.63) is 200 Å². The molecule has 4 heterocycles. The van der Waals surface area contributed by atoms with Crippen LogP contribution in [0.15, 0.2) is 200 Å². The third-order valence-corrected chi connectivity index (χ3v) is 13.3. The van der Waals surface area contributed by atoms with Crippen molar-refractivity contribution in [2.45, 2.75) is 0 Å². The molecule has 0 bridgehead atoms. The molecule has 58 heavy (non-hydrogen) atoms. The van der Waals surface area contributed by atoms with Crippen molar-refractivity contribution in [1.29, 1.82) is 0 Å². The van der Waals surface area contributed by atoms with E-state index in [1.165, 1.54) is 91.2 Å². The van der Waals surface area contributed by atoms with Crippen LogP contribution in [0.5, 0.6) is 0 Å². The number of benzene rings is 9. The number of para-hydroxylation sites is 5. The number of hydrogen-bond acceptors (Lipinski definition) is 1. The molecule has 0 unspecified atom stereocenters. The number of thiophene rings is 1. The van der Waals surface area contributed by atoms with E-state index in [9.17, 15) is 0 Å². The molecule has 4 aromatic heterocycles. The van der Waals surface area contributed by atoms with E-state index in [0.717, 1.165) is 22.6 Å². The first kappa shape index (κ1) is 31.8. The Morgan fingerprint density at radius 2 is 0.707 bits per heavy atom. The minimum absolute atomic E-state index is 1.13. The summed E-state index contributed by atoms with van der Waals surface area (Å²) in [6.07, 6.45) is 0. The summed E-state index contributed by atoms with van der Waals surface area (Å²) in [5, 5.41) is 10.2. The van der Waals surface area contributed by atoms with Gasteiger partial charge < -0.3 is 13.7 Å². The first-order valence-corrected chi connectivity index (χ1v) is 20.7. The molecule has 0 saturated heterocycles. The highest BCUT2D eigenvalue weighted by atomic mass is 32.1. The number of hydrogen-bond donors (Lipinski definition) is 0. The highest BCUT2D eigenvalue weighted by molar-refractivity contribution is 7.26. The predicted molar refractivity (Wildman–Crippen MR) is 248 cm³/mol. The molecule has 0 spiro atoms. The van der Waals surface area contributed by atoms with Gasteiger partial charge in [0.05, 0.1) is 33.1 Å². The summed E-state index contributed by atoms with van der Waals surface area (Å²) in [6.45, 7) is 0. The molecule has 0 aliphatic heterocycles. The Morgan fingerprint density at radius 3 is 1.22 bits per heavy atom. The molecule has 0 amide bonds. The van der Waals surface area contributed by atoms with E-state index in [4.69, 9.17) is 0 Å². The molecule has 0 atom stereocenters. The summed E-state index contributed by atoms with van der Waals surface area (Å²) in [6, 6.07) is 73.7. The first-order chi connectivity index (χ1) is 28.8. The van der Waals surface area contributed by atoms with Gasteiger partial charge in [0.1, 0.15) is 0 Å². The lowest BCUT2D eigenvalue weighted by molar-refractivity contribution is 1.13. The molecule has 0 radical (unpaired) electrons. The van der Waals surface area contributed by atoms with Gasteiger partial charge >= 0.3 is 0 Å². The lowest BCUT2D eigenvalue weighted by atomic mass is 10.0. The largest absolute Gasteiger partial charge is 0.309 e. The van der Waals surface area contributed by atoms with Crippen LogP contribution in [0.2, 0.25) is 0 Å². The summed E-state index contributed by atoms with van der Waals surface area (Å²) in [5.41, 5.74) is 13.0. The van der Waals surface area contributed by atoms with Gasteiger partial charge in [-0.3, -0.25) is 0 Å². The Hall–Kier alpha value is -7.40. The molecule has 0 aliphatic carbocycles. The second kappa shape index (κ2) is 12.1. The van der Waals surface area contributed by atoms with E-state index < -0.39 is 0 Å². The molecule has 13 aromatic rings. The molecule has 9 aromatic carbocycles. The Bertz CT molecular complexity index is 3560. The average Bonchev–Trinajstić information content (AvgIpc) is 4.03. The lowest BCUT2D eigenvalue weighted by Crippen LogP contribution is -2.00. The summed E-state index contributed by atoms with van der Waals surface area (Å²) in [7, 11) is 0. The Morgan fingerprint density at radius 1 is 0.276 bits per heavy atom. The fraction of sp³-hybridized carbons (Fsp3) is 0. The van der Waals surface area contributed by atoms with E-state index in [-0.39, 0.29) is 0 Å². The van der Waals surface area contributed by atoms with Gasteiger partial charge in [-0.1, -0.05) is 127 Å². The van der Waals surface area contributed by atoms with Crippen LogP contribution in [0.1, 0.15) is 0 Å². The molecule has 0 fully saturated rings. The fourth-order valence-electron chi connectivity index (χ4n) is 9.76. The van der Waals surface area contributed by atoms with E-state index in [1.54, 1.807) is 0 Å². The second-order valence-corrected chi connectivity index (χ2v) is 16.4. The summed E-state index contributed by atoms with van der Waals surface area (Å²) in [4.78, 5) is 0. The number of rotatable bonds is 4. The van der Waals surface area contributed by atoms with Gasteiger partial charge in [0, 0.05) is 69.6 Å². The zero-order chi connectivity index (χ0) is 37.9. The van der Waals surface area contributed by atoms with Gasteiger partial charge in [-0.05, 0) is 83.9 Å². The van der Waals surface area contributed by atoms with Crippen LogP contribution < -0.4 is 0 Å². The highest BCUT2D eigenvalue weighted by Crippen LogP contribution is 2.44. The maximum Gasteiger partial charge on any atom is 0.0634 e. The summed E-state index contributed by atoms with van der Waals surface area (Å²) in [5.74, 6) is 0. The third-order valence-electron chi connectivity index (χ3n) is 12.2. The predicted octanol–water partition coefficient (Wildman–Crippen LogP) is 15.0. The minimum atomic E-state index is 1.13. The van der Waals surface area contributed by atoms with Crippen molar-refractivity contribution in [2.24, 2.45) is 0 Å². The topological polar surface area (TPSA) is 14.8 Å². The number of fused-ring (bicyclic) bond motifs is 13. The van der Waals surface area contributed by atoms with E-state index in [2.05, 4.69) is 214 Å². The molecule has 4 heteroatoms. The smallest absolute Gasteiger partial charge is 0.0634 e. The van der Waals surface area contributed by atoms with Gasteiger partial charge in [0.25, 0.3) is 0 Å². The molecular weight excluding hydrogens is 723 g/mol. The Kier molecular flexibility index (Phi) is 6.60. The monoisotopic (exact) mass is 755 g/mol. The maximum atomic E-state index is 2.48. The SMILES string of the molecule is c1ccc2c(c1)sc1ccc3c4ccccc4n(-c4ccc(-c5cc(-n6c7ccccc7c7ccccc76)cc(-n6c7ccccc7c7ccccc76)c5)cc4)c3c12. The molecular formula is C54H33N3S. The average molecular weight is 756 g/mol. The number of nitrogens with zero attached hydrogens (tertiary/aromatic N) is 3. The fourth-order valence-corrected chi connectivity index (χ4v) is 10.9. The normalized spacial score (nSPS) is 12.1. The highest BCUT2D eigenvalue weighted by Gasteiger charge is 2.20. The summed E-state index contributed by atoms with van der Waals surface area (Å²) >= 11 is 1.88.